The van der Waals surface area contributed by atoms with Crippen LogP contribution in [0.2, 0.25) is 0 Å². The minimum absolute atomic E-state index is 0.159. The Morgan fingerprint density at radius 3 is 2.58 bits per heavy atom. The lowest BCUT2D eigenvalue weighted by Gasteiger charge is -2.28. The minimum Gasteiger partial charge on any atom is -0.378 e. The molecule has 1 fully saturated rings. The fourth-order valence-corrected chi connectivity index (χ4v) is 4.81. The van der Waals surface area contributed by atoms with Gasteiger partial charge in [0.05, 0.1) is 46.9 Å². The molecule has 0 aliphatic carbocycles. The number of morpholine rings is 1. The molecule has 0 spiro atoms. The summed E-state index contributed by atoms with van der Waals surface area (Å²) in [5.41, 5.74) is 4.66. The molecule has 0 bridgehead atoms. The van der Waals surface area contributed by atoms with Gasteiger partial charge < -0.3 is 15.0 Å². The Morgan fingerprint density at radius 2 is 1.85 bits per heavy atom. The lowest BCUT2D eigenvalue weighted by atomic mass is 10.0. The molecule has 10 heteroatoms. The number of hydrogen-bond acceptors (Lipinski definition) is 8. The number of hydrogen-bond donors (Lipinski definition) is 1. The molecule has 0 radical (unpaired) electrons. The Morgan fingerprint density at radius 1 is 1.00 bits per heavy atom. The second-order valence-corrected chi connectivity index (χ2v) is 9.31. The largest absolute Gasteiger partial charge is 0.378 e. The highest BCUT2D eigenvalue weighted by Gasteiger charge is 2.21. The lowest BCUT2D eigenvalue weighted by Crippen LogP contribution is -2.36. The lowest BCUT2D eigenvalue weighted by molar-refractivity contribution is 0.122. The van der Waals surface area contributed by atoms with Crippen LogP contribution in [-0.4, -0.2) is 46.2 Å². The Hall–Kier alpha value is -5.01. The van der Waals surface area contributed by atoms with Crippen molar-refractivity contribution in [2.24, 2.45) is 0 Å². The first-order chi connectivity index (χ1) is 19.5. The number of rotatable bonds is 5. The van der Waals surface area contributed by atoms with Crippen molar-refractivity contribution in [3.8, 4) is 28.6 Å². The number of nitrogens with one attached hydrogen (secondary N) is 1. The van der Waals surface area contributed by atoms with Gasteiger partial charge in [0.15, 0.2) is 0 Å². The van der Waals surface area contributed by atoms with Gasteiger partial charge in [-0.05, 0) is 31.2 Å². The number of pyridine rings is 4. The molecule has 5 aromatic rings. The average Bonchev–Trinajstić information content (AvgIpc) is 2.99. The number of benzene rings is 1. The Balaban J connectivity index is 1.56. The first-order valence-corrected chi connectivity index (χ1v) is 12.7. The van der Waals surface area contributed by atoms with Crippen LogP contribution >= 0.6 is 0 Å². The van der Waals surface area contributed by atoms with Gasteiger partial charge in [0.25, 0.3) is 0 Å². The van der Waals surface area contributed by atoms with E-state index >= 15 is 4.39 Å². The maximum Gasteiger partial charge on any atom is 0.140 e. The Kier molecular flexibility index (Phi) is 6.72. The van der Waals surface area contributed by atoms with Gasteiger partial charge in [-0.15, -0.1) is 0 Å². The third kappa shape index (κ3) is 4.79. The molecular formula is C30H23F2N7O. The van der Waals surface area contributed by atoms with E-state index in [1.54, 1.807) is 42.9 Å². The molecule has 1 saturated heterocycles. The van der Waals surface area contributed by atoms with Gasteiger partial charge in [0.2, 0.25) is 0 Å². The second kappa shape index (κ2) is 10.6. The normalized spacial score (nSPS) is 13.3. The summed E-state index contributed by atoms with van der Waals surface area (Å²) in [6, 6.07) is 14.8. The van der Waals surface area contributed by atoms with E-state index in [1.807, 2.05) is 25.1 Å². The van der Waals surface area contributed by atoms with Crippen LogP contribution in [0.1, 0.15) is 11.3 Å². The smallest absolute Gasteiger partial charge is 0.140 e. The summed E-state index contributed by atoms with van der Waals surface area (Å²) in [7, 11) is 0. The molecule has 6 rings (SSSR count). The molecule has 0 saturated carbocycles. The van der Waals surface area contributed by atoms with E-state index in [0.717, 1.165) is 17.4 Å². The number of halogens is 2. The third-order valence-electron chi connectivity index (χ3n) is 6.83. The van der Waals surface area contributed by atoms with Gasteiger partial charge in [-0.1, -0.05) is 6.07 Å². The van der Waals surface area contributed by atoms with Crippen LogP contribution in [0.15, 0.2) is 67.1 Å². The van der Waals surface area contributed by atoms with Crippen LogP contribution in [0.25, 0.3) is 33.4 Å². The molecule has 1 aromatic carbocycles. The van der Waals surface area contributed by atoms with Crippen LogP contribution in [-0.2, 0) is 4.74 Å². The minimum atomic E-state index is -0.732. The van der Waals surface area contributed by atoms with Gasteiger partial charge in [-0.2, -0.15) is 5.26 Å². The fraction of sp³-hybridized carbons (Fsp3) is 0.167. The van der Waals surface area contributed by atoms with Crippen LogP contribution in [0.4, 0.5) is 26.0 Å². The summed E-state index contributed by atoms with van der Waals surface area (Å²) < 4.78 is 35.2. The summed E-state index contributed by atoms with van der Waals surface area (Å²) in [6.07, 6.45) is 4.97. The SMILES string of the molecule is Cc1c(-c2ccccn2)nc2cc(F)cc(F)c2c1Nc1cc(N2CCOCC2)ncc1-c1ccc(C#N)nc1. The second-order valence-electron chi connectivity index (χ2n) is 9.31. The van der Waals surface area contributed by atoms with Crippen molar-refractivity contribution >= 4 is 28.1 Å². The summed E-state index contributed by atoms with van der Waals surface area (Å²) in [5.74, 6) is -0.726. The van der Waals surface area contributed by atoms with Crippen LogP contribution in [0, 0.1) is 29.9 Å². The van der Waals surface area contributed by atoms with E-state index < -0.39 is 11.6 Å². The van der Waals surface area contributed by atoms with Crippen molar-refractivity contribution in [1.29, 1.82) is 5.26 Å². The van der Waals surface area contributed by atoms with E-state index in [0.29, 0.717) is 60.2 Å². The van der Waals surface area contributed by atoms with E-state index in [-0.39, 0.29) is 16.6 Å². The van der Waals surface area contributed by atoms with Crippen LogP contribution in [0.5, 0.6) is 0 Å². The third-order valence-corrected chi connectivity index (χ3v) is 6.83. The van der Waals surface area contributed by atoms with Gasteiger partial charge in [0, 0.05) is 66.6 Å². The molecule has 5 heterocycles. The first kappa shape index (κ1) is 25.3. The number of fused-ring (bicyclic) bond motifs is 1. The van der Waals surface area contributed by atoms with E-state index in [4.69, 9.17) is 9.72 Å². The molecule has 1 aliphatic heterocycles. The maximum atomic E-state index is 15.4. The number of nitrogens with zero attached hydrogens (tertiary/aromatic N) is 6. The van der Waals surface area contributed by atoms with Crippen molar-refractivity contribution in [2.75, 3.05) is 36.5 Å². The molecule has 4 aromatic heterocycles. The standard InChI is InChI=1S/C30H23F2N7O/c1-18-29(24-4-2-3-7-34-24)38-26-13-20(31)12-23(32)28(26)30(18)37-25-14-27(39-8-10-40-11-9-39)36-17-22(25)19-5-6-21(15-33)35-16-19/h2-7,12-14,16-17H,8-11H2,1H3,(H,36,37,38). The predicted molar refractivity (Wildman–Crippen MR) is 148 cm³/mol. The Labute approximate surface area is 228 Å². The zero-order valence-electron chi connectivity index (χ0n) is 21.5. The number of ether oxygens (including phenoxy) is 1. The van der Waals surface area contributed by atoms with Crippen molar-refractivity contribution in [3.63, 3.8) is 0 Å². The highest BCUT2D eigenvalue weighted by atomic mass is 19.1. The molecule has 0 atom stereocenters. The molecule has 0 amide bonds. The summed E-state index contributed by atoms with van der Waals surface area (Å²) in [5, 5.41) is 12.8. The summed E-state index contributed by atoms with van der Waals surface area (Å²) in [4.78, 5) is 20.1. The fourth-order valence-electron chi connectivity index (χ4n) is 4.81. The topological polar surface area (TPSA) is 99.9 Å². The highest BCUT2D eigenvalue weighted by Crippen LogP contribution is 2.39. The summed E-state index contributed by atoms with van der Waals surface area (Å²) in [6.45, 7) is 4.36. The molecule has 1 aliphatic rings. The highest BCUT2D eigenvalue weighted by molar-refractivity contribution is 5.99. The zero-order valence-corrected chi connectivity index (χ0v) is 21.5. The molecular weight excluding hydrogens is 512 g/mol. The van der Waals surface area contributed by atoms with Crippen molar-refractivity contribution < 1.29 is 13.5 Å². The number of nitriles is 1. The monoisotopic (exact) mass is 535 g/mol. The van der Waals surface area contributed by atoms with Gasteiger partial charge >= 0.3 is 0 Å². The molecule has 8 nitrogen and oxygen atoms in total. The molecule has 1 N–H and O–H groups in total. The Bertz CT molecular complexity index is 1750. The zero-order chi connectivity index (χ0) is 27.6. The van der Waals surface area contributed by atoms with Crippen LogP contribution in [0.3, 0.4) is 0 Å². The summed E-state index contributed by atoms with van der Waals surface area (Å²) >= 11 is 0. The predicted octanol–water partition coefficient (Wildman–Crippen LogP) is 5.79. The van der Waals surface area contributed by atoms with E-state index in [2.05, 4.69) is 25.2 Å². The van der Waals surface area contributed by atoms with E-state index in [9.17, 15) is 9.65 Å². The number of anilines is 3. The van der Waals surface area contributed by atoms with Gasteiger partial charge in [-0.25, -0.2) is 23.7 Å². The van der Waals surface area contributed by atoms with Gasteiger partial charge in [-0.3, -0.25) is 4.98 Å². The molecule has 0 unspecified atom stereocenters. The maximum absolute atomic E-state index is 15.4. The van der Waals surface area contributed by atoms with Gasteiger partial charge in [0.1, 0.15) is 29.2 Å². The van der Waals surface area contributed by atoms with Crippen LogP contribution < -0.4 is 10.2 Å². The van der Waals surface area contributed by atoms with Crippen molar-refractivity contribution in [1.82, 2.24) is 19.9 Å². The van der Waals surface area contributed by atoms with Crippen molar-refractivity contribution in [3.05, 3.63) is 90.0 Å². The first-order valence-electron chi connectivity index (χ1n) is 12.7. The molecule has 40 heavy (non-hydrogen) atoms. The number of aromatic nitrogens is 4. The quantitative estimate of drug-likeness (QED) is 0.302. The average molecular weight is 536 g/mol. The van der Waals surface area contributed by atoms with Crippen molar-refractivity contribution in [2.45, 2.75) is 6.92 Å². The van der Waals surface area contributed by atoms with E-state index in [1.165, 1.54) is 6.07 Å². The molecule has 198 valence electrons.